The van der Waals surface area contributed by atoms with Crippen LogP contribution in [-0.4, -0.2) is 44.8 Å². The molecule has 1 saturated heterocycles. The van der Waals surface area contributed by atoms with E-state index in [1.54, 1.807) is 23.5 Å². The third-order valence-electron chi connectivity index (χ3n) is 5.05. The Morgan fingerprint density at radius 3 is 2.86 bits per heavy atom. The minimum Gasteiger partial charge on any atom is -0.360 e. The van der Waals surface area contributed by atoms with E-state index in [0.29, 0.717) is 23.8 Å². The Bertz CT molecular complexity index is 1190. The summed E-state index contributed by atoms with van der Waals surface area (Å²) in [7, 11) is 0. The number of hydrogen-bond acceptors (Lipinski definition) is 5. The Morgan fingerprint density at radius 1 is 1.17 bits per heavy atom. The quantitative estimate of drug-likeness (QED) is 0.546. The van der Waals surface area contributed by atoms with Gasteiger partial charge in [0.15, 0.2) is 5.13 Å². The molecule has 0 aliphatic carbocycles. The number of pyridine rings is 1. The van der Waals surface area contributed by atoms with Crippen molar-refractivity contribution >= 4 is 39.2 Å². The normalized spacial score (nSPS) is 14.0. The number of thiazole rings is 1. The Morgan fingerprint density at radius 2 is 2.03 bits per heavy atom. The first-order valence-electron chi connectivity index (χ1n) is 9.21. The van der Waals surface area contributed by atoms with Gasteiger partial charge in [-0.1, -0.05) is 18.2 Å². The third-order valence-corrected chi connectivity index (χ3v) is 5.81. The van der Waals surface area contributed by atoms with E-state index in [9.17, 15) is 9.59 Å². The van der Waals surface area contributed by atoms with Gasteiger partial charge < -0.3 is 15.2 Å². The van der Waals surface area contributed by atoms with Gasteiger partial charge in [0.25, 0.3) is 5.91 Å². The van der Waals surface area contributed by atoms with E-state index in [-0.39, 0.29) is 17.7 Å². The summed E-state index contributed by atoms with van der Waals surface area (Å²) in [5, 5.41) is 6.20. The molecule has 2 N–H and O–H groups in total. The smallest absolute Gasteiger partial charge is 0.256 e. The van der Waals surface area contributed by atoms with Gasteiger partial charge in [-0.2, -0.15) is 0 Å². The molecule has 0 spiro atoms. The van der Waals surface area contributed by atoms with E-state index in [2.05, 4.69) is 20.3 Å². The minimum atomic E-state index is -0.227. The highest BCUT2D eigenvalue weighted by Crippen LogP contribution is 2.27. The summed E-state index contributed by atoms with van der Waals surface area (Å²) in [6.45, 7) is 0.815. The van der Waals surface area contributed by atoms with Crippen LogP contribution in [0.4, 0.5) is 5.13 Å². The summed E-state index contributed by atoms with van der Waals surface area (Å²) in [5.74, 6) is -0.394. The SMILES string of the molecule is O=C(Nc1nc(-c2cccnc2)cs1)C1CN(C(=O)c2c[nH]c3ccccc23)C1. The first kappa shape index (κ1) is 17.6. The maximum absolute atomic E-state index is 12.7. The molecule has 0 saturated carbocycles. The molecule has 8 heteroatoms. The predicted octanol–water partition coefficient (Wildman–Crippen LogP) is 3.40. The van der Waals surface area contributed by atoms with Gasteiger partial charge in [-0.25, -0.2) is 4.98 Å². The van der Waals surface area contributed by atoms with Crippen molar-refractivity contribution in [1.82, 2.24) is 19.9 Å². The van der Waals surface area contributed by atoms with Gasteiger partial charge in [0.2, 0.25) is 5.91 Å². The number of anilines is 1. The Hall–Kier alpha value is -3.52. The molecule has 144 valence electrons. The van der Waals surface area contributed by atoms with Gasteiger partial charge in [-0.3, -0.25) is 14.6 Å². The Labute approximate surface area is 170 Å². The molecule has 29 heavy (non-hydrogen) atoms. The lowest BCUT2D eigenvalue weighted by molar-refractivity contribution is -0.123. The third kappa shape index (κ3) is 3.27. The predicted molar refractivity (Wildman–Crippen MR) is 112 cm³/mol. The molecule has 1 aromatic carbocycles. The second kappa shape index (κ2) is 7.14. The zero-order chi connectivity index (χ0) is 19.8. The summed E-state index contributed by atoms with van der Waals surface area (Å²) >= 11 is 1.38. The molecule has 1 aliphatic heterocycles. The summed E-state index contributed by atoms with van der Waals surface area (Å²) in [4.78, 5) is 38.6. The minimum absolute atomic E-state index is 0.0559. The second-order valence-corrected chi connectivity index (χ2v) is 7.78. The van der Waals surface area contributed by atoms with Crippen molar-refractivity contribution in [2.75, 3.05) is 18.4 Å². The van der Waals surface area contributed by atoms with E-state index >= 15 is 0 Å². The number of carbonyl (C=O) groups is 2. The topological polar surface area (TPSA) is 91.0 Å². The molecule has 3 aromatic heterocycles. The van der Waals surface area contributed by atoms with Crippen LogP contribution in [-0.2, 0) is 4.79 Å². The van der Waals surface area contributed by atoms with Crippen LogP contribution < -0.4 is 5.32 Å². The number of likely N-dealkylation sites (tertiary alicyclic amines) is 1. The molecule has 1 aliphatic rings. The number of carbonyl (C=O) groups excluding carboxylic acids is 2. The van der Waals surface area contributed by atoms with E-state index < -0.39 is 0 Å². The highest BCUT2D eigenvalue weighted by molar-refractivity contribution is 7.14. The monoisotopic (exact) mass is 403 g/mol. The van der Waals surface area contributed by atoms with Crippen LogP contribution >= 0.6 is 11.3 Å². The van der Waals surface area contributed by atoms with Crippen LogP contribution in [0.3, 0.4) is 0 Å². The summed E-state index contributed by atoms with van der Waals surface area (Å²) in [5.41, 5.74) is 3.26. The summed E-state index contributed by atoms with van der Waals surface area (Å²) < 4.78 is 0. The Kier molecular flexibility index (Phi) is 4.33. The highest BCUT2D eigenvalue weighted by Gasteiger charge is 2.37. The number of para-hydroxylation sites is 1. The maximum atomic E-state index is 12.7. The number of H-pyrrole nitrogens is 1. The zero-order valence-corrected chi connectivity index (χ0v) is 16.1. The lowest BCUT2D eigenvalue weighted by atomic mass is 9.98. The molecule has 0 unspecified atom stereocenters. The molecule has 0 bridgehead atoms. The zero-order valence-electron chi connectivity index (χ0n) is 15.3. The average Bonchev–Trinajstić information content (AvgIpc) is 3.34. The average molecular weight is 403 g/mol. The van der Waals surface area contributed by atoms with Gasteiger partial charge in [0, 0.05) is 53.5 Å². The molecular weight excluding hydrogens is 386 g/mol. The van der Waals surface area contributed by atoms with Gasteiger partial charge in [0.1, 0.15) is 0 Å². The van der Waals surface area contributed by atoms with Crippen molar-refractivity contribution in [2.24, 2.45) is 5.92 Å². The first-order valence-corrected chi connectivity index (χ1v) is 10.1. The number of nitrogens with zero attached hydrogens (tertiary/aromatic N) is 3. The van der Waals surface area contributed by atoms with Crippen LogP contribution in [0.2, 0.25) is 0 Å². The van der Waals surface area contributed by atoms with E-state index in [1.807, 2.05) is 41.8 Å². The van der Waals surface area contributed by atoms with Crippen molar-refractivity contribution < 1.29 is 9.59 Å². The fourth-order valence-corrected chi connectivity index (χ4v) is 4.14. The fraction of sp³-hybridized carbons (Fsp3) is 0.143. The summed E-state index contributed by atoms with van der Waals surface area (Å²) in [6.07, 6.45) is 5.18. The number of benzene rings is 1. The molecule has 5 rings (SSSR count). The number of nitrogens with one attached hydrogen (secondary N) is 2. The molecule has 0 radical (unpaired) electrons. The van der Waals surface area contributed by atoms with Crippen LogP contribution in [0, 0.1) is 5.92 Å². The maximum Gasteiger partial charge on any atom is 0.256 e. The molecule has 7 nitrogen and oxygen atoms in total. The van der Waals surface area contributed by atoms with Gasteiger partial charge >= 0.3 is 0 Å². The lowest BCUT2D eigenvalue weighted by Crippen LogP contribution is -2.54. The second-order valence-electron chi connectivity index (χ2n) is 6.92. The van der Waals surface area contributed by atoms with Crippen LogP contribution in [0.1, 0.15) is 10.4 Å². The lowest BCUT2D eigenvalue weighted by Gasteiger charge is -2.37. The molecule has 4 aromatic rings. The van der Waals surface area contributed by atoms with Crippen molar-refractivity contribution in [2.45, 2.75) is 0 Å². The van der Waals surface area contributed by atoms with E-state index in [1.165, 1.54) is 11.3 Å². The van der Waals surface area contributed by atoms with E-state index in [0.717, 1.165) is 22.2 Å². The van der Waals surface area contributed by atoms with Crippen LogP contribution in [0.5, 0.6) is 0 Å². The van der Waals surface area contributed by atoms with Gasteiger partial charge in [-0.15, -0.1) is 11.3 Å². The van der Waals surface area contributed by atoms with Gasteiger partial charge in [-0.05, 0) is 18.2 Å². The Balaban J connectivity index is 1.20. The number of amides is 2. The van der Waals surface area contributed by atoms with Crippen molar-refractivity contribution in [3.05, 3.63) is 65.9 Å². The number of fused-ring (bicyclic) bond motifs is 1. The molecule has 4 heterocycles. The first-order chi connectivity index (χ1) is 14.2. The van der Waals surface area contributed by atoms with Gasteiger partial charge in [0.05, 0.1) is 17.2 Å². The number of aromatic amines is 1. The van der Waals surface area contributed by atoms with E-state index in [4.69, 9.17) is 0 Å². The largest absolute Gasteiger partial charge is 0.360 e. The summed E-state index contributed by atoms with van der Waals surface area (Å²) in [6, 6.07) is 11.5. The number of hydrogen-bond donors (Lipinski definition) is 2. The van der Waals surface area contributed by atoms with Crippen molar-refractivity contribution in [1.29, 1.82) is 0 Å². The fourth-order valence-electron chi connectivity index (χ4n) is 3.41. The molecule has 1 fully saturated rings. The standard InChI is InChI=1S/C21H17N5O2S/c27-19(25-21-24-18(12-29-21)13-4-3-7-22-8-13)14-10-26(11-14)20(28)16-9-23-17-6-2-1-5-15(16)17/h1-9,12,14,23H,10-11H2,(H,24,25,27). The van der Waals surface area contributed by atoms with Crippen molar-refractivity contribution in [3.8, 4) is 11.3 Å². The molecule has 2 amide bonds. The number of rotatable bonds is 4. The molecular formula is C21H17N5O2S. The molecule has 0 atom stereocenters. The van der Waals surface area contributed by atoms with Crippen molar-refractivity contribution in [3.63, 3.8) is 0 Å². The van der Waals surface area contributed by atoms with Crippen LogP contribution in [0.15, 0.2) is 60.4 Å². The highest BCUT2D eigenvalue weighted by atomic mass is 32.1. The number of aromatic nitrogens is 3. The van der Waals surface area contributed by atoms with Crippen LogP contribution in [0.25, 0.3) is 22.2 Å².